The van der Waals surface area contributed by atoms with Gasteiger partial charge in [-0.1, -0.05) is 18.9 Å². The maximum Gasteiger partial charge on any atom is 0.307 e. The summed E-state index contributed by atoms with van der Waals surface area (Å²) < 4.78 is 0. The number of thiophene rings is 1. The summed E-state index contributed by atoms with van der Waals surface area (Å²) >= 11 is 1.40. The minimum absolute atomic E-state index is 0.0158. The molecule has 0 aromatic carbocycles. The zero-order valence-corrected chi connectivity index (χ0v) is 9.70. The molecule has 1 aliphatic carbocycles. The molecule has 0 radical (unpaired) electrons. The molecule has 0 unspecified atom stereocenters. The van der Waals surface area contributed by atoms with Crippen molar-refractivity contribution < 1.29 is 14.7 Å². The third-order valence-corrected chi connectivity index (χ3v) is 4.07. The fourth-order valence-electron chi connectivity index (χ4n) is 2.34. The molecule has 1 aromatic heterocycles. The molecule has 16 heavy (non-hydrogen) atoms. The first-order chi connectivity index (χ1) is 7.70. The third kappa shape index (κ3) is 2.16. The Hall–Kier alpha value is -1.16. The molecule has 3 nitrogen and oxygen atoms in total. The van der Waals surface area contributed by atoms with Gasteiger partial charge < -0.3 is 5.11 Å². The lowest BCUT2D eigenvalue weighted by molar-refractivity contribution is -0.144. The topological polar surface area (TPSA) is 54.4 Å². The Kier molecular flexibility index (Phi) is 3.39. The molecule has 1 aliphatic rings. The molecule has 1 aromatic rings. The van der Waals surface area contributed by atoms with Crippen LogP contribution in [0.25, 0.3) is 0 Å². The van der Waals surface area contributed by atoms with E-state index in [9.17, 15) is 9.59 Å². The van der Waals surface area contributed by atoms with Crippen LogP contribution in [-0.2, 0) is 4.79 Å². The fraction of sp³-hybridized carbons (Fsp3) is 0.500. The Morgan fingerprint density at radius 3 is 2.50 bits per heavy atom. The van der Waals surface area contributed by atoms with Gasteiger partial charge in [0.1, 0.15) is 0 Å². The lowest BCUT2D eigenvalue weighted by atomic mass is 9.76. The van der Waals surface area contributed by atoms with Gasteiger partial charge in [0, 0.05) is 5.92 Å². The largest absolute Gasteiger partial charge is 0.481 e. The summed E-state index contributed by atoms with van der Waals surface area (Å²) in [7, 11) is 0. The van der Waals surface area contributed by atoms with Crippen LogP contribution in [-0.4, -0.2) is 16.9 Å². The number of carboxylic acids is 1. The van der Waals surface area contributed by atoms with Crippen molar-refractivity contribution in [1.29, 1.82) is 0 Å². The van der Waals surface area contributed by atoms with Crippen molar-refractivity contribution in [3.05, 3.63) is 22.4 Å². The van der Waals surface area contributed by atoms with E-state index in [4.69, 9.17) is 5.11 Å². The molecule has 1 fully saturated rings. The molecular formula is C12H14O3S. The molecular weight excluding hydrogens is 224 g/mol. The van der Waals surface area contributed by atoms with Gasteiger partial charge in [-0.25, -0.2) is 0 Å². The van der Waals surface area contributed by atoms with E-state index < -0.39 is 11.9 Å². The Morgan fingerprint density at radius 2 is 1.94 bits per heavy atom. The molecule has 1 N–H and O–H groups in total. The van der Waals surface area contributed by atoms with Crippen molar-refractivity contribution >= 4 is 23.1 Å². The van der Waals surface area contributed by atoms with E-state index in [1.165, 1.54) is 11.3 Å². The van der Waals surface area contributed by atoms with Crippen molar-refractivity contribution in [2.45, 2.75) is 25.7 Å². The molecule has 86 valence electrons. The Bertz CT molecular complexity index is 383. The van der Waals surface area contributed by atoms with Crippen molar-refractivity contribution in [1.82, 2.24) is 0 Å². The molecule has 1 saturated carbocycles. The number of aliphatic carboxylic acids is 1. The smallest absolute Gasteiger partial charge is 0.307 e. The maximum absolute atomic E-state index is 12.1. The maximum atomic E-state index is 12.1. The van der Waals surface area contributed by atoms with Crippen molar-refractivity contribution in [2.75, 3.05) is 0 Å². The van der Waals surface area contributed by atoms with E-state index in [1.54, 1.807) is 6.07 Å². The van der Waals surface area contributed by atoms with Gasteiger partial charge in [-0.15, -0.1) is 11.3 Å². The quantitative estimate of drug-likeness (QED) is 0.824. The molecule has 1 heterocycles. The number of carbonyl (C=O) groups excluding carboxylic acids is 1. The molecule has 0 spiro atoms. The van der Waals surface area contributed by atoms with Gasteiger partial charge in [0.25, 0.3) is 0 Å². The molecule has 0 bridgehead atoms. The highest BCUT2D eigenvalue weighted by atomic mass is 32.1. The van der Waals surface area contributed by atoms with Gasteiger partial charge in [-0.2, -0.15) is 0 Å². The second-order valence-electron chi connectivity index (χ2n) is 4.18. The van der Waals surface area contributed by atoms with E-state index in [2.05, 4.69) is 0 Å². The fourth-order valence-corrected chi connectivity index (χ4v) is 3.07. The lowest BCUT2D eigenvalue weighted by Gasteiger charge is -2.26. The van der Waals surface area contributed by atoms with Gasteiger partial charge in [0.05, 0.1) is 10.8 Å². The predicted octanol–water partition coefficient (Wildman–Crippen LogP) is 2.82. The SMILES string of the molecule is O=C(O)[C@@H]1CCCC[C@H]1C(=O)c1cccs1. The number of hydrogen-bond acceptors (Lipinski definition) is 3. The molecule has 0 aliphatic heterocycles. The summed E-state index contributed by atoms with van der Waals surface area (Å²) in [5, 5.41) is 11.0. The molecule has 0 amide bonds. The summed E-state index contributed by atoms with van der Waals surface area (Å²) in [5.41, 5.74) is 0. The van der Waals surface area contributed by atoms with Crippen LogP contribution < -0.4 is 0 Å². The van der Waals surface area contributed by atoms with Crippen LogP contribution in [0.2, 0.25) is 0 Å². The van der Waals surface area contributed by atoms with E-state index in [0.717, 1.165) is 12.8 Å². The average Bonchev–Trinajstić information content (AvgIpc) is 2.81. The standard InChI is InChI=1S/C12H14O3S/c13-11(10-6-3-7-16-10)8-4-1-2-5-9(8)12(14)15/h3,6-9H,1-2,4-5H2,(H,14,15)/t8-,9-/m1/s1. The second-order valence-corrected chi connectivity index (χ2v) is 5.12. The van der Waals surface area contributed by atoms with E-state index in [1.807, 2.05) is 11.4 Å². The Morgan fingerprint density at radius 1 is 1.25 bits per heavy atom. The normalized spacial score (nSPS) is 25.2. The van der Waals surface area contributed by atoms with Gasteiger partial charge in [-0.3, -0.25) is 9.59 Å². The number of hydrogen-bond donors (Lipinski definition) is 1. The van der Waals surface area contributed by atoms with E-state index in [0.29, 0.717) is 17.7 Å². The van der Waals surface area contributed by atoms with Crippen LogP contribution in [0.1, 0.15) is 35.4 Å². The van der Waals surface area contributed by atoms with E-state index in [-0.39, 0.29) is 11.7 Å². The summed E-state index contributed by atoms with van der Waals surface area (Å²) in [6.45, 7) is 0. The predicted molar refractivity (Wildman–Crippen MR) is 61.7 cm³/mol. The number of rotatable bonds is 3. The molecule has 4 heteroatoms. The number of Topliss-reactive ketones (excluding diaryl/α,β-unsaturated/α-hetero) is 1. The van der Waals surface area contributed by atoms with Crippen LogP contribution in [0.3, 0.4) is 0 Å². The monoisotopic (exact) mass is 238 g/mol. The molecule has 2 rings (SSSR count). The van der Waals surface area contributed by atoms with Gasteiger partial charge >= 0.3 is 5.97 Å². The Labute approximate surface area is 98.1 Å². The van der Waals surface area contributed by atoms with Crippen LogP contribution >= 0.6 is 11.3 Å². The van der Waals surface area contributed by atoms with E-state index >= 15 is 0 Å². The number of carbonyl (C=O) groups is 2. The zero-order chi connectivity index (χ0) is 11.5. The second kappa shape index (κ2) is 4.78. The van der Waals surface area contributed by atoms with Gasteiger partial charge in [-0.05, 0) is 24.3 Å². The third-order valence-electron chi connectivity index (χ3n) is 3.18. The van der Waals surface area contributed by atoms with Crippen LogP contribution in [0, 0.1) is 11.8 Å². The van der Waals surface area contributed by atoms with Crippen LogP contribution in [0.15, 0.2) is 17.5 Å². The summed E-state index contributed by atoms with van der Waals surface area (Å²) in [6, 6.07) is 3.61. The van der Waals surface area contributed by atoms with Crippen LogP contribution in [0.5, 0.6) is 0 Å². The summed E-state index contributed by atoms with van der Waals surface area (Å²) in [4.78, 5) is 23.9. The first kappa shape index (κ1) is 11.3. The first-order valence-corrected chi connectivity index (χ1v) is 6.38. The Balaban J connectivity index is 2.17. The molecule has 2 atom stereocenters. The number of carboxylic acid groups (broad SMARTS) is 1. The molecule has 0 saturated heterocycles. The van der Waals surface area contributed by atoms with Crippen molar-refractivity contribution in [3.8, 4) is 0 Å². The van der Waals surface area contributed by atoms with Gasteiger partial charge in [0.2, 0.25) is 0 Å². The van der Waals surface area contributed by atoms with Gasteiger partial charge in [0.15, 0.2) is 5.78 Å². The summed E-state index contributed by atoms with van der Waals surface area (Å²) in [6.07, 6.45) is 3.24. The minimum atomic E-state index is -0.824. The highest BCUT2D eigenvalue weighted by molar-refractivity contribution is 7.12. The first-order valence-electron chi connectivity index (χ1n) is 5.50. The van der Waals surface area contributed by atoms with Crippen molar-refractivity contribution in [2.24, 2.45) is 11.8 Å². The van der Waals surface area contributed by atoms with Crippen LogP contribution in [0.4, 0.5) is 0 Å². The summed E-state index contributed by atoms with van der Waals surface area (Å²) in [5.74, 6) is -1.61. The highest BCUT2D eigenvalue weighted by Crippen LogP contribution is 2.33. The number of ketones is 1. The van der Waals surface area contributed by atoms with Crippen molar-refractivity contribution in [3.63, 3.8) is 0 Å². The minimum Gasteiger partial charge on any atom is -0.481 e. The zero-order valence-electron chi connectivity index (χ0n) is 8.89. The average molecular weight is 238 g/mol. The highest BCUT2D eigenvalue weighted by Gasteiger charge is 2.36. The lowest BCUT2D eigenvalue weighted by Crippen LogP contribution is -2.32.